The van der Waals surface area contributed by atoms with Crippen molar-refractivity contribution < 1.29 is 9.59 Å². The largest absolute Gasteiger partial charge is 0.367 e. The number of para-hydroxylation sites is 1. The van der Waals surface area contributed by atoms with Crippen molar-refractivity contribution in [1.82, 2.24) is 5.32 Å². The Morgan fingerprint density at radius 2 is 1.93 bits per heavy atom. The number of hydrogen-bond donors (Lipinski definition) is 1. The highest BCUT2D eigenvalue weighted by Gasteiger charge is 2.25. The molecule has 0 aromatic heterocycles. The fourth-order valence-electron chi connectivity index (χ4n) is 4.16. The number of amides is 2. The van der Waals surface area contributed by atoms with Crippen LogP contribution in [-0.2, 0) is 17.6 Å². The number of aryl methyl sites for hydroxylation is 1. The Kier molecular flexibility index (Phi) is 4.60. The maximum absolute atomic E-state index is 12.6. The molecule has 2 aliphatic heterocycles. The minimum atomic E-state index is -0.0579. The molecule has 1 unspecified atom stereocenters. The lowest BCUT2D eigenvalue weighted by molar-refractivity contribution is -0.118. The minimum Gasteiger partial charge on any atom is -0.367 e. The third kappa shape index (κ3) is 3.29. The van der Waals surface area contributed by atoms with Crippen molar-refractivity contribution in [3.05, 3.63) is 59.2 Å². The van der Waals surface area contributed by atoms with Crippen molar-refractivity contribution in [2.24, 2.45) is 0 Å². The summed E-state index contributed by atoms with van der Waals surface area (Å²) in [7, 11) is 1.79. The van der Waals surface area contributed by atoms with Gasteiger partial charge in [-0.05, 0) is 55.2 Å². The van der Waals surface area contributed by atoms with E-state index < -0.39 is 0 Å². The van der Waals surface area contributed by atoms with Gasteiger partial charge in [-0.3, -0.25) is 9.59 Å². The fraction of sp³-hybridized carbons (Fsp3) is 0.364. The monoisotopic (exact) mass is 363 g/mol. The number of fused-ring (bicyclic) bond motifs is 2. The normalized spacial score (nSPS) is 18.3. The van der Waals surface area contributed by atoms with E-state index in [-0.39, 0.29) is 11.8 Å². The van der Waals surface area contributed by atoms with Crippen molar-refractivity contribution in [2.75, 3.05) is 29.9 Å². The van der Waals surface area contributed by atoms with E-state index in [0.29, 0.717) is 31.0 Å². The summed E-state index contributed by atoms with van der Waals surface area (Å²) in [6.07, 6.45) is 2.25. The number of nitrogens with zero attached hydrogens (tertiary/aromatic N) is 2. The van der Waals surface area contributed by atoms with Crippen LogP contribution >= 0.6 is 0 Å². The van der Waals surface area contributed by atoms with Crippen molar-refractivity contribution >= 4 is 23.2 Å². The van der Waals surface area contributed by atoms with Gasteiger partial charge in [-0.2, -0.15) is 0 Å². The minimum absolute atomic E-state index is 0.0579. The second-order valence-electron chi connectivity index (χ2n) is 7.43. The summed E-state index contributed by atoms with van der Waals surface area (Å²) in [5.74, 6) is 0.0669. The average molecular weight is 363 g/mol. The maximum atomic E-state index is 12.6. The summed E-state index contributed by atoms with van der Waals surface area (Å²) in [6, 6.07) is 14.5. The number of carbonyl (C=O) groups is 2. The molecule has 0 radical (unpaired) electrons. The predicted molar refractivity (Wildman–Crippen MR) is 107 cm³/mol. The number of rotatable bonds is 4. The molecule has 2 aliphatic rings. The molecule has 0 aliphatic carbocycles. The highest BCUT2D eigenvalue weighted by molar-refractivity contribution is 5.98. The molecule has 4 rings (SSSR count). The first-order chi connectivity index (χ1) is 13.0. The Balaban J connectivity index is 1.39. The highest BCUT2D eigenvalue weighted by atomic mass is 16.2. The number of benzene rings is 2. The van der Waals surface area contributed by atoms with Gasteiger partial charge in [-0.1, -0.05) is 18.2 Å². The zero-order valence-corrected chi connectivity index (χ0v) is 15.9. The molecule has 0 saturated heterocycles. The molecular weight excluding hydrogens is 338 g/mol. The first-order valence-corrected chi connectivity index (χ1v) is 9.57. The maximum Gasteiger partial charge on any atom is 0.251 e. The lowest BCUT2D eigenvalue weighted by atomic mass is 9.99. The van der Waals surface area contributed by atoms with Gasteiger partial charge in [0.25, 0.3) is 5.91 Å². The van der Waals surface area contributed by atoms with Gasteiger partial charge >= 0.3 is 0 Å². The number of nitrogens with one attached hydrogen (secondary N) is 1. The molecule has 0 spiro atoms. The Hall–Kier alpha value is -2.82. The number of hydrogen-bond acceptors (Lipinski definition) is 3. The molecule has 1 atom stereocenters. The fourth-order valence-corrected chi connectivity index (χ4v) is 4.16. The van der Waals surface area contributed by atoms with Crippen molar-refractivity contribution in [2.45, 2.75) is 32.2 Å². The van der Waals surface area contributed by atoms with Gasteiger partial charge in [0.05, 0.1) is 0 Å². The Labute approximate surface area is 160 Å². The van der Waals surface area contributed by atoms with Crippen LogP contribution in [0.3, 0.4) is 0 Å². The Bertz CT molecular complexity index is 893. The van der Waals surface area contributed by atoms with E-state index in [2.05, 4.69) is 41.4 Å². The van der Waals surface area contributed by atoms with E-state index in [4.69, 9.17) is 0 Å². The molecule has 0 saturated carbocycles. The third-order valence-electron chi connectivity index (χ3n) is 5.67. The number of carbonyl (C=O) groups excluding carboxylic acids is 2. The zero-order valence-electron chi connectivity index (χ0n) is 15.9. The molecule has 140 valence electrons. The molecule has 0 fully saturated rings. The summed E-state index contributed by atoms with van der Waals surface area (Å²) in [5.41, 5.74) is 5.29. The van der Waals surface area contributed by atoms with Crippen LogP contribution in [0.4, 0.5) is 11.4 Å². The van der Waals surface area contributed by atoms with E-state index >= 15 is 0 Å². The molecule has 27 heavy (non-hydrogen) atoms. The summed E-state index contributed by atoms with van der Waals surface area (Å²) in [4.78, 5) is 28.4. The van der Waals surface area contributed by atoms with Crippen LogP contribution in [0.15, 0.2) is 42.5 Å². The van der Waals surface area contributed by atoms with E-state index in [1.165, 1.54) is 11.3 Å². The zero-order chi connectivity index (χ0) is 19.0. The first-order valence-electron chi connectivity index (χ1n) is 9.57. The van der Waals surface area contributed by atoms with E-state index in [9.17, 15) is 9.59 Å². The van der Waals surface area contributed by atoms with E-state index in [1.807, 2.05) is 12.1 Å². The van der Waals surface area contributed by atoms with Crippen LogP contribution in [0.5, 0.6) is 0 Å². The summed E-state index contributed by atoms with van der Waals surface area (Å²) >= 11 is 0. The van der Waals surface area contributed by atoms with Gasteiger partial charge < -0.3 is 15.1 Å². The molecular formula is C22H25N3O2. The summed E-state index contributed by atoms with van der Waals surface area (Å²) in [6.45, 7) is 3.63. The van der Waals surface area contributed by atoms with Gasteiger partial charge in [0.2, 0.25) is 5.91 Å². The van der Waals surface area contributed by atoms with Crippen LogP contribution < -0.4 is 15.1 Å². The molecule has 5 heteroatoms. The molecule has 2 aromatic carbocycles. The molecule has 2 aromatic rings. The molecule has 2 amide bonds. The van der Waals surface area contributed by atoms with Crippen molar-refractivity contribution in [3.63, 3.8) is 0 Å². The average Bonchev–Trinajstić information content (AvgIpc) is 3.00. The Morgan fingerprint density at radius 3 is 2.78 bits per heavy atom. The van der Waals surface area contributed by atoms with E-state index in [0.717, 1.165) is 24.2 Å². The second-order valence-corrected chi connectivity index (χ2v) is 7.43. The van der Waals surface area contributed by atoms with Crippen LogP contribution in [0, 0.1) is 0 Å². The van der Waals surface area contributed by atoms with Gasteiger partial charge in [0, 0.05) is 49.5 Å². The van der Waals surface area contributed by atoms with Gasteiger partial charge in [-0.25, -0.2) is 0 Å². The van der Waals surface area contributed by atoms with Crippen LogP contribution in [0.25, 0.3) is 0 Å². The molecule has 5 nitrogen and oxygen atoms in total. The van der Waals surface area contributed by atoms with Crippen LogP contribution in [0.2, 0.25) is 0 Å². The molecule has 2 heterocycles. The highest BCUT2D eigenvalue weighted by Crippen LogP contribution is 2.31. The Morgan fingerprint density at radius 1 is 1.11 bits per heavy atom. The van der Waals surface area contributed by atoms with E-state index in [1.54, 1.807) is 18.0 Å². The lowest BCUT2D eigenvalue weighted by Gasteiger charge is -2.26. The van der Waals surface area contributed by atoms with Crippen molar-refractivity contribution in [3.8, 4) is 0 Å². The summed E-state index contributed by atoms with van der Waals surface area (Å²) in [5, 5.41) is 3.04. The number of anilines is 2. The molecule has 1 N–H and O–H groups in total. The van der Waals surface area contributed by atoms with Gasteiger partial charge in [-0.15, -0.1) is 0 Å². The lowest BCUT2D eigenvalue weighted by Crippen LogP contribution is -2.38. The standard InChI is InChI=1S/C22H25N3O2/c1-15-13-16-5-3-4-6-20(16)25(15)12-11-23-22(27)18-7-9-19-17(14-18)8-10-21(26)24(19)2/h3-7,9,14-15H,8,10-13H2,1-2H3,(H,23,27). The van der Waals surface area contributed by atoms with Crippen LogP contribution in [-0.4, -0.2) is 38.0 Å². The quantitative estimate of drug-likeness (QED) is 0.909. The SMILES string of the molecule is CC1Cc2ccccc2N1CCNC(=O)c1ccc2c(c1)CCC(=O)N2C. The van der Waals surface area contributed by atoms with Crippen LogP contribution in [0.1, 0.15) is 34.8 Å². The smallest absolute Gasteiger partial charge is 0.251 e. The third-order valence-corrected chi connectivity index (χ3v) is 5.67. The summed E-state index contributed by atoms with van der Waals surface area (Å²) < 4.78 is 0. The predicted octanol–water partition coefficient (Wildman–Crippen LogP) is 2.78. The second kappa shape index (κ2) is 7.06. The van der Waals surface area contributed by atoms with Gasteiger partial charge in [0.15, 0.2) is 0 Å². The topological polar surface area (TPSA) is 52.7 Å². The van der Waals surface area contributed by atoms with Crippen molar-refractivity contribution in [1.29, 1.82) is 0 Å². The van der Waals surface area contributed by atoms with Gasteiger partial charge in [0.1, 0.15) is 0 Å². The first kappa shape index (κ1) is 17.6. The molecule has 0 bridgehead atoms.